The molecule has 1 unspecified atom stereocenters. The molecule has 0 aliphatic heterocycles. The standard InChI is InChI=1S/C30H32N2O3/c1-5-7-25-17-26(13-10-22(25)6-2)32-30(34)28(19-31)23-11-14-27(15-12-23)35-29(33)18-24-9-8-20(3)16-21(24)4/h5-17,28H,2,18-19,31H2,1,3-4H3,(H,32,34)/b7-5-. The minimum atomic E-state index is -0.542. The number of ether oxygens (including phenoxy) is 1. The highest BCUT2D eigenvalue weighted by Gasteiger charge is 2.20. The molecule has 0 spiro atoms. The summed E-state index contributed by atoms with van der Waals surface area (Å²) in [6.07, 6.45) is 5.88. The lowest BCUT2D eigenvalue weighted by atomic mass is 9.98. The van der Waals surface area contributed by atoms with Crippen LogP contribution in [0.25, 0.3) is 12.2 Å². The van der Waals surface area contributed by atoms with Crippen LogP contribution in [0.4, 0.5) is 5.69 Å². The van der Waals surface area contributed by atoms with Gasteiger partial charge in [-0.2, -0.15) is 0 Å². The maximum atomic E-state index is 13.0. The maximum Gasteiger partial charge on any atom is 0.315 e. The molecule has 0 radical (unpaired) electrons. The Kier molecular flexibility index (Phi) is 8.76. The van der Waals surface area contributed by atoms with Crippen molar-refractivity contribution in [2.45, 2.75) is 33.1 Å². The van der Waals surface area contributed by atoms with Gasteiger partial charge < -0.3 is 15.8 Å². The lowest BCUT2D eigenvalue weighted by Gasteiger charge is -2.16. The van der Waals surface area contributed by atoms with Crippen LogP contribution in [-0.4, -0.2) is 18.4 Å². The molecule has 5 heteroatoms. The number of anilines is 1. The van der Waals surface area contributed by atoms with Crippen LogP contribution in [0.5, 0.6) is 5.75 Å². The molecule has 3 aromatic carbocycles. The zero-order valence-corrected chi connectivity index (χ0v) is 20.5. The van der Waals surface area contributed by atoms with Gasteiger partial charge in [0.15, 0.2) is 0 Å². The van der Waals surface area contributed by atoms with E-state index in [1.807, 2.05) is 69.3 Å². The van der Waals surface area contributed by atoms with Gasteiger partial charge in [0, 0.05) is 12.2 Å². The fourth-order valence-electron chi connectivity index (χ4n) is 3.92. The second-order valence-corrected chi connectivity index (χ2v) is 8.48. The Labute approximate surface area is 207 Å². The number of nitrogens with one attached hydrogen (secondary N) is 1. The van der Waals surface area contributed by atoms with Crippen molar-refractivity contribution in [1.82, 2.24) is 0 Å². The predicted molar refractivity (Wildman–Crippen MR) is 143 cm³/mol. The monoisotopic (exact) mass is 468 g/mol. The quantitative estimate of drug-likeness (QED) is 0.307. The molecule has 0 heterocycles. The van der Waals surface area contributed by atoms with Gasteiger partial charge in [0.05, 0.1) is 12.3 Å². The fourth-order valence-corrected chi connectivity index (χ4v) is 3.92. The van der Waals surface area contributed by atoms with Crippen molar-refractivity contribution in [3.05, 3.63) is 107 Å². The van der Waals surface area contributed by atoms with Gasteiger partial charge in [-0.25, -0.2) is 0 Å². The smallest absolute Gasteiger partial charge is 0.315 e. The number of amides is 1. The molecule has 0 saturated heterocycles. The van der Waals surface area contributed by atoms with Crippen molar-refractivity contribution in [3.8, 4) is 5.75 Å². The van der Waals surface area contributed by atoms with E-state index >= 15 is 0 Å². The molecule has 35 heavy (non-hydrogen) atoms. The summed E-state index contributed by atoms with van der Waals surface area (Å²) in [6, 6.07) is 18.5. The van der Waals surface area contributed by atoms with Crippen LogP contribution >= 0.6 is 0 Å². The Morgan fingerprint density at radius 3 is 2.40 bits per heavy atom. The van der Waals surface area contributed by atoms with Crippen LogP contribution in [0.2, 0.25) is 0 Å². The first-order valence-corrected chi connectivity index (χ1v) is 11.6. The molecule has 3 rings (SSSR count). The van der Waals surface area contributed by atoms with Crippen LogP contribution in [0.15, 0.2) is 73.3 Å². The second-order valence-electron chi connectivity index (χ2n) is 8.48. The highest BCUT2D eigenvalue weighted by molar-refractivity contribution is 5.96. The van der Waals surface area contributed by atoms with E-state index in [1.54, 1.807) is 30.3 Å². The number of allylic oxidation sites excluding steroid dienone is 1. The number of nitrogens with two attached hydrogens (primary N) is 1. The maximum absolute atomic E-state index is 13.0. The van der Waals surface area contributed by atoms with E-state index in [0.29, 0.717) is 11.4 Å². The van der Waals surface area contributed by atoms with E-state index in [2.05, 4.69) is 11.9 Å². The summed E-state index contributed by atoms with van der Waals surface area (Å²) in [5, 5.41) is 2.95. The molecule has 0 bridgehead atoms. The molecule has 0 aliphatic carbocycles. The van der Waals surface area contributed by atoms with E-state index in [1.165, 1.54) is 0 Å². The highest BCUT2D eigenvalue weighted by atomic mass is 16.5. The van der Waals surface area contributed by atoms with Crippen molar-refractivity contribution in [2.75, 3.05) is 11.9 Å². The SMILES string of the molecule is C=Cc1ccc(NC(=O)C(CN)c2ccc(OC(=O)Cc3ccc(C)cc3C)cc2)cc1/C=C\C. The van der Waals surface area contributed by atoms with E-state index < -0.39 is 5.92 Å². The fraction of sp³-hybridized carbons (Fsp3) is 0.200. The van der Waals surface area contributed by atoms with E-state index in [0.717, 1.165) is 33.4 Å². The molecular weight excluding hydrogens is 436 g/mol. The molecule has 5 nitrogen and oxygen atoms in total. The number of rotatable bonds is 9. The lowest BCUT2D eigenvalue weighted by Crippen LogP contribution is -2.27. The van der Waals surface area contributed by atoms with Crippen LogP contribution in [-0.2, 0) is 16.0 Å². The van der Waals surface area contributed by atoms with Gasteiger partial charge >= 0.3 is 5.97 Å². The summed E-state index contributed by atoms with van der Waals surface area (Å²) >= 11 is 0. The van der Waals surface area contributed by atoms with Crippen molar-refractivity contribution in [3.63, 3.8) is 0 Å². The summed E-state index contributed by atoms with van der Waals surface area (Å²) in [4.78, 5) is 25.4. The molecule has 0 fully saturated rings. The molecule has 1 atom stereocenters. The molecule has 1 amide bonds. The average molecular weight is 469 g/mol. The van der Waals surface area contributed by atoms with Gasteiger partial charge in [-0.1, -0.05) is 66.8 Å². The number of carbonyl (C=O) groups is 2. The largest absolute Gasteiger partial charge is 0.426 e. The Morgan fingerprint density at radius 1 is 1.03 bits per heavy atom. The number of aryl methyl sites for hydroxylation is 2. The Morgan fingerprint density at radius 2 is 1.77 bits per heavy atom. The molecule has 0 saturated carbocycles. The van der Waals surface area contributed by atoms with E-state index in [-0.39, 0.29) is 24.8 Å². The average Bonchev–Trinajstić information content (AvgIpc) is 2.83. The number of hydrogen-bond donors (Lipinski definition) is 2. The van der Waals surface area contributed by atoms with E-state index in [9.17, 15) is 9.59 Å². The summed E-state index contributed by atoms with van der Waals surface area (Å²) in [5.41, 5.74) is 12.5. The van der Waals surface area contributed by atoms with Gasteiger partial charge in [-0.15, -0.1) is 0 Å². The Balaban J connectivity index is 1.66. The van der Waals surface area contributed by atoms with E-state index in [4.69, 9.17) is 10.5 Å². The third kappa shape index (κ3) is 6.78. The minimum absolute atomic E-state index is 0.143. The van der Waals surface area contributed by atoms with Gasteiger partial charge in [0.2, 0.25) is 5.91 Å². The summed E-state index contributed by atoms with van der Waals surface area (Å²) < 4.78 is 5.50. The Hall–Kier alpha value is -3.96. The third-order valence-corrected chi connectivity index (χ3v) is 5.82. The zero-order chi connectivity index (χ0) is 25.4. The lowest BCUT2D eigenvalue weighted by molar-refractivity contribution is -0.133. The molecule has 0 aromatic heterocycles. The van der Waals surface area contributed by atoms with Crippen molar-refractivity contribution >= 4 is 29.7 Å². The van der Waals surface area contributed by atoms with Crippen molar-refractivity contribution in [2.24, 2.45) is 5.73 Å². The van der Waals surface area contributed by atoms with Gasteiger partial charge in [0.25, 0.3) is 0 Å². The number of benzene rings is 3. The van der Waals surface area contributed by atoms with Crippen LogP contribution in [0.3, 0.4) is 0 Å². The predicted octanol–water partition coefficient (Wildman–Crippen LogP) is 5.81. The first-order valence-electron chi connectivity index (χ1n) is 11.6. The number of hydrogen-bond acceptors (Lipinski definition) is 4. The minimum Gasteiger partial charge on any atom is -0.426 e. The zero-order valence-electron chi connectivity index (χ0n) is 20.5. The second kappa shape index (κ2) is 12.0. The van der Waals surface area contributed by atoms with Crippen molar-refractivity contribution < 1.29 is 14.3 Å². The van der Waals surface area contributed by atoms with Gasteiger partial charge in [0.1, 0.15) is 5.75 Å². The van der Waals surface area contributed by atoms with Crippen LogP contribution in [0.1, 0.15) is 46.2 Å². The molecule has 0 aliphatic rings. The first-order chi connectivity index (χ1) is 16.8. The topological polar surface area (TPSA) is 81.4 Å². The number of carbonyl (C=O) groups excluding carboxylic acids is 2. The van der Waals surface area contributed by atoms with Gasteiger partial charge in [-0.05, 0) is 72.9 Å². The third-order valence-electron chi connectivity index (χ3n) is 5.82. The van der Waals surface area contributed by atoms with Crippen LogP contribution < -0.4 is 15.8 Å². The Bertz CT molecular complexity index is 1240. The van der Waals surface area contributed by atoms with Gasteiger partial charge in [-0.3, -0.25) is 9.59 Å². The summed E-state index contributed by atoms with van der Waals surface area (Å²) in [5.74, 6) is -0.655. The first kappa shape index (κ1) is 25.7. The molecule has 180 valence electrons. The number of esters is 1. The normalized spacial score (nSPS) is 11.8. The van der Waals surface area contributed by atoms with Crippen LogP contribution in [0, 0.1) is 13.8 Å². The highest BCUT2D eigenvalue weighted by Crippen LogP contribution is 2.23. The molecule has 3 aromatic rings. The molecule has 3 N–H and O–H groups in total. The summed E-state index contributed by atoms with van der Waals surface area (Å²) in [7, 11) is 0. The molecular formula is C30H32N2O3. The van der Waals surface area contributed by atoms with Crippen molar-refractivity contribution in [1.29, 1.82) is 0 Å². The summed E-state index contributed by atoms with van der Waals surface area (Å²) in [6.45, 7) is 9.91.